The highest BCUT2D eigenvalue weighted by molar-refractivity contribution is 7.99. The molecule has 3 aliphatic rings. The second-order valence-electron chi connectivity index (χ2n) is 17.2. The fourth-order valence-electron chi connectivity index (χ4n) is 8.96. The average Bonchev–Trinajstić information content (AvgIpc) is 3.33. The van der Waals surface area contributed by atoms with Gasteiger partial charge in [-0.2, -0.15) is 13.2 Å². The van der Waals surface area contributed by atoms with Crippen molar-refractivity contribution in [3.05, 3.63) is 125 Å². The van der Waals surface area contributed by atoms with Gasteiger partial charge in [0, 0.05) is 87.0 Å². The Bertz CT molecular complexity index is 2800. The fraction of sp³-hybridized carbons (Fsp3) is 0.417. The molecule has 0 saturated carbocycles. The Kier molecular flexibility index (Phi) is 15.6. The number of aromatic nitrogens is 2. The Morgan fingerprint density at radius 2 is 1.59 bits per heavy atom. The summed E-state index contributed by atoms with van der Waals surface area (Å²) in [5.74, 6) is -0.0265. The van der Waals surface area contributed by atoms with Crippen LogP contribution in [0, 0.1) is 5.82 Å². The van der Waals surface area contributed by atoms with E-state index in [0.717, 1.165) is 66.4 Å². The van der Waals surface area contributed by atoms with E-state index in [-0.39, 0.29) is 30.3 Å². The van der Waals surface area contributed by atoms with Crippen molar-refractivity contribution in [3.63, 3.8) is 0 Å². The number of alkyl halides is 3. The van der Waals surface area contributed by atoms with E-state index in [1.54, 1.807) is 18.2 Å². The van der Waals surface area contributed by atoms with E-state index in [4.69, 9.17) is 11.6 Å². The van der Waals surface area contributed by atoms with Crippen molar-refractivity contribution < 1.29 is 35.8 Å². The van der Waals surface area contributed by atoms with E-state index in [9.17, 15) is 35.8 Å². The Hall–Kier alpha value is -4.34. The van der Waals surface area contributed by atoms with Gasteiger partial charge in [0.15, 0.2) is 0 Å². The van der Waals surface area contributed by atoms with Crippen LogP contribution in [0.4, 0.5) is 29.1 Å². The first-order valence-electron chi connectivity index (χ1n) is 23.1. The van der Waals surface area contributed by atoms with Crippen molar-refractivity contribution in [3.8, 4) is 11.1 Å². The van der Waals surface area contributed by atoms with E-state index >= 15 is 0 Å². The summed E-state index contributed by atoms with van der Waals surface area (Å²) in [6.07, 6.45) is 2.89. The highest BCUT2D eigenvalue weighted by Crippen LogP contribution is 2.38. The minimum Gasteiger partial charge on any atom is -0.380 e. The van der Waals surface area contributed by atoms with E-state index < -0.39 is 47.2 Å². The molecule has 2 fully saturated rings. The summed E-state index contributed by atoms with van der Waals surface area (Å²) in [6, 6.07) is 22.8. The molecule has 4 aromatic carbocycles. The monoisotopic (exact) mass is 1020 g/mol. The molecule has 0 amide bonds. The number of piperidine rings is 1. The number of hydrogen-bond acceptors (Lipinski definition) is 12. The zero-order valence-corrected chi connectivity index (χ0v) is 40.8. The van der Waals surface area contributed by atoms with Crippen molar-refractivity contribution in [2.45, 2.75) is 78.0 Å². The summed E-state index contributed by atoms with van der Waals surface area (Å²) in [5, 5.41) is 3.67. The van der Waals surface area contributed by atoms with Crippen LogP contribution in [0.1, 0.15) is 44.4 Å². The van der Waals surface area contributed by atoms with Crippen molar-refractivity contribution >= 4 is 54.7 Å². The highest BCUT2D eigenvalue weighted by atomic mass is 35.5. The molecule has 1 unspecified atom stereocenters. The van der Waals surface area contributed by atoms with E-state index in [0.29, 0.717) is 80.1 Å². The Labute approximate surface area is 406 Å². The van der Waals surface area contributed by atoms with Crippen molar-refractivity contribution in [1.29, 1.82) is 0 Å². The molecule has 1 atom stereocenters. The molecule has 1 aromatic heterocycles. The Morgan fingerprint density at radius 3 is 2.29 bits per heavy atom. The van der Waals surface area contributed by atoms with Crippen molar-refractivity contribution in [2.75, 3.05) is 74.7 Å². The smallest absolute Gasteiger partial charge is 0.380 e. The third-order valence-electron chi connectivity index (χ3n) is 12.9. The second-order valence-corrected chi connectivity index (χ2v) is 22.3. The molecule has 5 aromatic rings. The number of thioether (sulfide) groups is 1. The van der Waals surface area contributed by atoms with Gasteiger partial charge in [0.05, 0.1) is 16.3 Å². The SMILES string of the molecule is [2H]C1(N2CCc3c(ncnc3NS(=O)(=O)c3ccc(NC(CCN4CCN(CC)CC4)CSc4ccccc4)c(S(=O)(=O)C(F)(F)F)c3)C2)CCN(Cc2cc(F)ccc2-c2ccc(Cl)cc2)CC1. The Morgan fingerprint density at radius 1 is 0.868 bits per heavy atom. The third-order valence-corrected chi connectivity index (χ3v) is 17.1. The second kappa shape index (κ2) is 21.7. The number of likely N-dealkylation sites (tertiary alicyclic amines) is 1. The van der Waals surface area contributed by atoms with Crippen LogP contribution in [0.2, 0.25) is 5.02 Å². The maximum atomic E-state index is 14.5. The number of nitrogens with zero attached hydrogens (tertiary/aromatic N) is 6. The summed E-state index contributed by atoms with van der Waals surface area (Å²) in [7, 11) is -10.7. The number of sulfonamides is 1. The van der Waals surface area contributed by atoms with Gasteiger partial charge in [-0.25, -0.2) is 31.2 Å². The first-order chi connectivity index (χ1) is 32.9. The van der Waals surface area contributed by atoms with Gasteiger partial charge < -0.3 is 15.1 Å². The molecule has 2 saturated heterocycles. The number of benzene rings is 4. The minimum atomic E-state index is -6.04. The summed E-state index contributed by atoms with van der Waals surface area (Å²) in [5.41, 5.74) is -2.48. The maximum Gasteiger partial charge on any atom is 0.501 e. The van der Waals surface area contributed by atoms with Gasteiger partial charge in [0.2, 0.25) is 0 Å². The largest absolute Gasteiger partial charge is 0.501 e. The first-order valence-corrected chi connectivity index (χ1v) is 27.0. The number of halogens is 5. The number of sulfone groups is 1. The van der Waals surface area contributed by atoms with Crippen molar-refractivity contribution in [1.82, 2.24) is 29.6 Å². The molecule has 8 rings (SSSR count). The lowest BCUT2D eigenvalue weighted by Crippen LogP contribution is -2.47. The van der Waals surface area contributed by atoms with Crippen LogP contribution in [0.5, 0.6) is 0 Å². The van der Waals surface area contributed by atoms with Crippen molar-refractivity contribution in [2.24, 2.45) is 0 Å². The number of nitrogens with one attached hydrogen (secondary N) is 2. The highest BCUT2D eigenvalue weighted by Gasteiger charge is 2.48. The molecule has 364 valence electrons. The van der Waals surface area contributed by atoms with Gasteiger partial charge in [-0.05, 0) is 117 Å². The summed E-state index contributed by atoms with van der Waals surface area (Å²) in [4.78, 5) is 16.5. The molecular weight excluding hydrogens is 960 g/mol. The van der Waals surface area contributed by atoms with Gasteiger partial charge in [0.25, 0.3) is 19.9 Å². The zero-order valence-electron chi connectivity index (χ0n) is 38.6. The lowest BCUT2D eigenvalue weighted by Gasteiger charge is -2.40. The molecule has 0 aliphatic carbocycles. The topological polar surface area (TPSA) is 131 Å². The number of likely N-dealkylation sites (N-methyl/N-ethyl adjacent to an activating group) is 1. The number of hydrogen-bond donors (Lipinski definition) is 2. The van der Waals surface area contributed by atoms with Crippen LogP contribution in [0.25, 0.3) is 11.1 Å². The van der Waals surface area contributed by atoms with Crippen LogP contribution in [-0.4, -0.2) is 129 Å². The van der Waals surface area contributed by atoms with Gasteiger partial charge in [-0.1, -0.05) is 54.9 Å². The molecule has 0 radical (unpaired) electrons. The molecule has 0 bridgehead atoms. The van der Waals surface area contributed by atoms with Gasteiger partial charge in [-0.3, -0.25) is 14.5 Å². The van der Waals surface area contributed by atoms with E-state index in [1.165, 1.54) is 30.2 Å². The number of fused-ring (bicyclic) bond motifs is 1. The minimum absolute atomic E-state index is 0.0831. The normalized spacial score (nSPS) is 18.4. The summed E-state index contributed by atoms with van der Waals surface area (Å²) < 4.78 is 124. The maximum absolute atomic E-state index is 14.5. The average molecular weight is 1020 g/mol. The predicted molar refractivity (Wildman–Crippen MR) is 260 cm³/mol. The molecule has 68 heavy (non-hydrogen) atoms. The van der Waals surface area contributed by atoms with E-state index in [2.05, 4.69) is 41.6 Å². The van der Waals surface area contributed by atoms with Crippen LogP contribution in [-0.2, 0) is 39.4 Å². The van der Waals surface area contributed by atoms with Crippen LogP contribution < -0.4 is 10.0 Å². The predicted octanol–water partition coefficient (Wildman–Crippen LogP) is 8.65. The summed E-state index contributed by atoms with van der Waals surface area (Å²) >= 11 is 7.59. The fourth-order valence-corrected chi connectivity index (χ4v) is 12.2. The Balaban J connectivity index is 0.965. The zero-order chi connectivity index (χ0) is 49.0. The van der Waals surface area contributed by atoms with E-state index in [1.807, 2.05) is 47.4 Å². The quantitative estimate of drug-likeness (QED) is 0.0683. The lowest BCUT2D eigenvalue weighted by molar-refractivity contribution is -0.0435. The summed E-state index contributed by atoms with van der Waals surface area (Å²) in [6.45, 7) is 9.31. The standard InChI is InChI=1S/C48H55ClF4N8O4S3/c1-2-58-24-26-59(27-25-58)20-16-38(32-66-40-6-4-3-5-7-40)56-44-15-13-41(29-46(44)67(62,63)48(51,52)53)68(64,65)57-47-43-19-23-61(31-45(43)54-33-55-47)39-17-21-60(22-18-39)30-35-28-37(50)12-14-42(35)34-8-10-36(49)11-9-34/h3-15,28-29,33,38-39,56H,2,16-27,30-32H2,1H3,(H,54,55,57)/i39D. The lowest BCUT2D eigenvalue weighted by atomic mass is 9.96. The molecule has 4 heterocycles. The third kappa shape index (κ3) is 12.1. The first kappa shape index (κ1) is 48.7. The number of rotatable bonds is 17. The van der Waals surface area contributed by atoms with Crippen LogP contribution >= 0.6 is 23.4 Å². The molecule has 3 aliphatic heterocycles. The molecule has 20 heteroatoms. The number of piperazine rings is 1. The van der Waals surface area contributed by atoms with Crippen LogP contribution in [0.3, 0.4) is 0 Å². The van der Waals surface area contributed by atoms with Gasteiger partial charge in [-0.15, -0.1) is 11.8 Å². The molecule has 2 N–H and O–H groups in total. The van der Waals surface area contributed by atoms with Gasteiger partial charge >= 0.3 is 5.51 Å². The molecule has 0 spiro atoms. The van der Waals surface area contributed by atoms with Gasteiger partial charge in [0.1, 0.15) is 22.9 Å². The molecular formula is C48H55ClF4N8O4S3. The van der Waals surface area contributed by atoms with Crippen LogP contribution in [0.15, 0.2) is 112 Å². The molecule has 12 nitrogen and oxygen atoms in total. The number of anilines is 2.